The summed E-state index contributed by atoms with van der Waals surface area (Å²) in [6.07, 6.45) is 0.901. The van der Waals surface area contributed by atoms with Crippen LogP contribution in [0.15, 0.2) is 80.4 Å². The van der Waals surface area contributed by atoms with Crippen LogP contribution in [0.4, 0.5) is 13.2 Å². The van der Waals surface area contributed by atoms with Gasteiger partial charge in [0.05, 0.1) is 11.1 Å². The van der Waals surface area contributed by atoms with Crippen LogP contribution in [0.3, 0.4) is 0 Å². The fourth-order valence-corrected chi connectivity index (χ4v) is 4.02. The first-order chi connectivity index (χ1) is 17.7. The van der Waals surface area contributed by atoms with Crippen LogP contribution in [0.25, 0.3) is 0 Å². The second-order valence-electron chi connectivity index (χ2n) is 7.81. The van der Waals surface area contributed by atoms with Crippen LogP contribution in [0.1, 0.15) is 29.2 Å². The number of rotatable bonds is 10. The summed E-state index contributed by atoms with van der Waals surface area (Å²) in [4.78, 5) is 26.9. The molecule has 0 fully saturated rings. The van der Waals surface area contributed by atoms with Gasteiger partial charge in [-0.2, -0.15) is 18.4 Å². The van der Waals surface area contributed by atoms with Gasteiger partial charge in [0.15, 0.2) is 5.16 Å². The van der Waals surface area contributed by atoms with E-state index in [1.54, 1.807) is 24.4 Å². The van der Waals surface area contributed by atoms with Gasteiger partial charge in [-0.15, -0.1) is 0 Å². The molecule has 1 N–H and O–H groups in total. The highest BCUT2D eigenvalue weighted by atomic mass is 32.2. The second kappa shape index (κ2) is 12.7. The second-order valence-corrected chi connectivity index (χ2v) is 8.89. The van der Waals surface area contributed by atoms with Crippen molar-refractivity contribution in [3.8, 4) is 17.6 Å². The molecule has 0 bridgehead atoms. The molecule has 190 valence electrons. The first-order valence-electron chi connectivity index (χ1n) is 10.9. The number of nitriles is 1. The van der Waals surface area contributed by atoms with Crippen molar-refractivity contribution in [1.29, 1.82) is 5.26 Å². The van der Waals surface area contributed by atoms with Crippen molar-refractivity contribution in [2.45, 2.75) is 31.1 Å². The molecule has 0 unspecified atom stereocenters. The molecule has 2 aromatic carbocycles. The van der Waals surface area contributed by atoms with Crippen molar-refractivity contribution in [2.24, 2.45) is 9.98 Å². The third-order valence-corrected chi connectivity index (χ3v) is 5.83. The quantitative estimate of drug-likeness (QED) is 0.152. The minimum atomic E-state index is -4.49. The van der Waals surface area contributed by atoms with E-state index < -0.39 is 11.7 Å². The van der Waals surface area contributed by atoms with E-state index in [0.29, 0.717) is 29.3 Å². The minimum Gasteiger partial charge on any atom is -0.456 e. The van der Waals surface area contributed by atoms with E-state index in [-0.39, 0.29) is 22.6 Å². The Hall–Kier alpha value is -4.17. The van der Waals surface area contributed by atoms with E-state index in [2.05, 4.69) is 26.7 Å². The lowest BCUT2D eigenvalue weighted by atomic mass is 10.1. The molecule has 0 saturated carbocycles. The Morgan fingerprint density at radius 3 is 2.81 bits per heavy atom. The molecule has 0 spiro atoms. The molecular weight excluding hydrogens is 503 g/mol. The fourth-order valence-electron chi connectivity index (χ4n) is 3.20. The fraction of sp³-hybridized carbons (Fsp3) is 0.192. The zero-order valence-electron chi connectivity index (χ0n) is 19.7. The van der Waals surface area contributed by atoms with Crippen LogP contribution in [-0.2, 0) is 19.0 Å². The summed E-state index contributed by atoms with van der Waals surface area (Å²) < 4.78 is 44.4. The van der Waals surface area contributed by atoms with E-state index >= 15 is 0 Å². The molecule has 3 aromatic rings. The molecular formula is C26H22F3N5O2S. The highest BCUT2D eigenvalue weighted by Crippen LogP contribution is 2.33. The van der Waals surface area contributed by atoms with Gasteiger partial charge in [-0.1, -0.05) is 29.5 Å². The highest BCUT2D eigenvalue weighted by Gasteiger charge is 2.30. The smallest absolute Gasteiger partial charge is 0.416 e. The van der Waals surface area contributed by atoms with E-state index in [1.165, 1.54) is 36.4 Å². The van der Waals surface area contributed by atoms with E-state index in [9.17, 15) is 23.2 Å². The molecule has 0 radical (unpaired) electrons. The van der Waals surface area contributed by atoms with Crippen molar-refractivity contribution >= 4 is 24.8 Å². The Kier molecular flexibility index (Phi) is 9.40. The number of halogens is 3. The molecule has 37 heavy (non-hydrogen) atoms. The van der Waals surface area contributed by atoms with Crippen molar-refractivity contribution in [1.82, 2.24) is 9.97 Å². The molecule has 0 saturated heterocycles. The molecule has 0 atom stereocenters. The first-order valence-corrected chi connectivity index (χ1v) is 11.9. The number of H-pyrrole nitrogens is 1. The Morgan fingerprint density at radius 2 is 2.11 bits per heavy atom. The summed E-state index contributed by atoms with van der Waals surface area (Å²) in [7, 11) is 0. The van der Waals surface area contributed by atoms with Gasteiger partial charge in [-0.05, 0) is 56.0 Å². The maximum absolute atomic E-state index is 12.9. The van der Waals surface area contributed by atoms with Gasteiger partial charge in [0.1, 0.15) is 23.9 Å². The van der Waals surface area contributed by atoms with Crippen molar-refractivity contribution in [3.05, 3.63) is 93.0 Å². The van der Waals surface area contributed by atoms with Gasteiger partial charge in [0.2, 0.25) is 0 Å². The lowest BCUT2D eigenvalue weighted by molar-refractivity contribution is -0.137. The van der Waals surface area contributed by atoms with Crippen molar-refractivity contribution < 1.29 is 17.9 Å². The molecule has 11 heteroatoms. The number of hydrogen-bond donors (Lipinski definition) is 1. The zero-order valence-corrected chi connectivity index (χ0v) is 20.6. The standard InChI is InChI=1S/C26H22F3N5O2S/c1-17(14-32-16-31-2)10-20-15-33-25(34-24(20)35)37-9-8-18-6-7-23(19(11-18)13-30)36-22-5-3-4-21(12-22)26(27,28)29/h3-7,11-12,14-16H,2,8-10H2,1H3,(H,33,34,35)/b17-14+,32-16?. The average Bonchev–Trinajstić information content (AvgIpc) is 2.86. The number of nitrogens with one attached hydrogen (secondary N) is 1. The number of aromatic amines is 1. The van der Waals surface area contributed by atoms with Gasteiger partial charge >= 0.3 is 6.18 Å². The van der Waals surface area contributed by atoms with Gasteiger partial charge in [0, 0.05) is 30.1 Å². The predicted octanol–water partition coefficient (Wildman–Crippen LogP) is 5.96. The van der Waals surface area contributed by atoms with Gasteiger partial charge in [-0.3, -0.25) is 9.79 Å². The molecule has 0 aliphatic heterocycles. The summed E-state index contributed by atoms with van der Waals surface area (Å²) in [6, 6.07) is 11.4. The average molecular weight is 526 g/mol. The van der Waals surface area contributed by atoms with Gasteiger partial charge in [0.25, 0.3) is 5.56 Å². The summed E-state index contributed by atoms with van der Waals surface area (Å²) in [5, 5.41) is 9.97. The van der Waals surface area contributed by atoms with Crippen molar-refractivity contribution in [3.63, 3.8) is 0 Å². The Labute approximate surface area is 215 Å². The van der Waals surface area contributed by atoms with Crippen molar-refractivity contribution in [2.75, 3.05) is 5.75 Å². The zero-order chi connectivity index (χ0) is 26.8. The monoisotopic (exact) mass is 525 g/mol. The predicted molar refractivity (Wildman–Crippen MR) is 137 cm³/mol. The molecule has 0 amide bonds. The van der Waals surface area contributed by atoms with Crippen LogP contribution in [0.2, 0.25) is 0 Å². The largest absolute Gasteiger partial charge is 0.456 e. The molecule has 7 nitrogen and oxygen atoms in total. The Morgan fingerprint density at radius 1 is 1.30 bits per heavy atom. The normalized spacial score (nSPS) is 11.9. The lowest BCUT2D eigenvalue weighted by Gasteiger charge is -2.11. The van der Waals surface area contributed by atoms with Gasteiger partial charge in [-0.25, -0.2) is 9.98 Å². The summed E-state index contributed by atoms with van der Waals surface area (Å²) in [6.45, 7) is 5.14. The number of aromatic nitrogens is 2. The molecule has 0 aliphatic rings. The first kappa shape index (κ1) is 27.4. The Balaban J connectivity index is 1.61. The topological polar surface area (TPSA) is 103 Å². The number of hydrogen-bond acceptors (Lipinski definition) is 6. The number of aryl methyl sites for hydroxylation is 1. The molecule has 1 aromatic heterocycles. The van der Waals surface area contributed by atoms with Gasteiger partial charge < -0.3 is 9.72 Å². The summed E-state index contributed by atoms with van der Waals surface area (Å²) >= 11 is 1.35. The number of thioether (sulfide) groups is 1. The van der Waals surface area contributed by atoms with Crippen LogP contribution in [-0.4, -0.2) is 28.8 Å². The van der Waals surface area contributed by atoms with Crippen LogP contribution >= 0.6 is 11.8 Å². The molecule has 1 heterocycles. The number of nitrogens with zero attached hydrogens (tertiary/aromatic N) is 4. The third kappa shape index (κ3) is 8.18. The van der Waals surface area contributed by atoms with Crippen LogP contribution < -0.4 is 10.3 Å². The number of ether oxygens (including phenoxy) is 1. The Bertz CT molecular complexity index is 1420. The third-order valence-electron chi connectivity index (χ3n) is 4.95. The lowest BCUT2D eigenvalue weighted by Crippen LogP contribution is -2.14. The SMILES string of the molecule is C=NC=N/C=C(\C)Cc1cnc(SCCc2ccc(Oc3cccc(C(F)(F)F)c3)c(C#N)c2)[nH]c1=O. The number of alkyl halides is 3. The number of aliphatic imine (C=N–C) groups is 2. The minimum absolute atomic E-state index is 0.0136. The van der Waals surface area contributed by atoms with Crippen LogP contribution in [0.5, 0.6) is 11.5 Å². The summed E-state index contributed by atoms with van der Waals surface area (Å²) in [5.74, 6) is 0.722. The van der Waals surface area contributed by atoms with Crippen LogP contribution in [0, 0.1) is 11.3 Å². The maximum Gasteiger partial charge on any atom is 0.416 e. The maximum atomic E-state index is 12.9. The van der Waals surface area contributed by atoms with E-state index in [1.807, 2.05) is 13.0 Å². The number of allylic oxidation sites excluding steroid dienone is 1. The van der Waals surface area contributed by atoms with E-state index in [4.69, 9.17) is 4.74 Å². The van der Waals surface area contributed by atoms with E-state index in [0.717, 1.165) is 23.3 Å². The summed E-state index contributed by atoms with van der Waals surface area (Å²) in [5.41, 5.74) is 1.33. The number of benzene rings is 2. The molecule has 0 aliphatic carbocycles. The highest BCUT2D eigenvalue weighted by molar-refractivity contribution is 7.99. The molecule has 3 rings (SSSR count).